The summed E-state index contributed by atoms with van der Waals surface area (Å²) in [6.45, 7) is 12.0. The van der Waals surface area contributed by atoms with Crippen molar-refractivity contribution in [1.82, 2.24) is 20.3 Å². The average molecular weight is 238 g/mol. The molecule has 0 aliphatic heterocycles. The maximum absolute atomic E-state index is 4.15. The lowest BCUT2D eigenvalue weighted by molar-refractivity contribution is 0.418. The Kier molecular flexibility index (Phi) is 6.19. The van der Waals surface area contributed by atoms with Crippen molar-refractivity contribution in [3.63, 3.8) is 0 Å². The minimum absolute atomic E-state index is 0.501. The van der Waals surface area contributed by atoms with E-state index in [9.17, 15) is 0 Å². The lowest BCUT2D eigenvalue weighted by Gasteiger charge is -2.20. The van der Waals surface area contributed by atoms with Crippen molar-refractivity contribution < 1.29 is 0 Å². The van der Waals surface area contributed by atoms with E-state index in [1.54, 1.807) is 0 Å². The SMILES string of the molecule is CCCNCC(C)C(C)c1cnnn1CCC. The number of nitrogens with zero attached hydrogens (tertiary/aromatic N) is 3. The molecule has 0 bridgehead atoms. The quantitative estimate of drug-likeness (QED) is 0.707. The van der Waals surface area contributed by atoms with Crippen LogP contribution in [0.2, 0.25) is 0 Å². The third kappa shape index (κ3) is 4.11. The van der Waals surface area contributed by atoms with Gasteiger partial charge in [0, 0.05) is 12.5 Å². The Hall–Kier alpha value is -0.900. The van der Waals surface area contributed by atoms with Gasteiger partial charge in [-0.05, 0) is 31.8 Å². The molecule has 17 heavy (non-hydrogen) atoms. The molecule has 1 rings (SSSR count). The lowest BCUT2D eigenvalue weighted by atomic mass is 9.93. The molecule has 2 unspecified atom stereocenters. The van der Waals surface area contributed by atoms with E-state index in [4.69, 9.17) is 0 Å². The minimum Gasteiger partial charge on any atom is -0.316 e. The first-order chi connectivity index (χ1) is 8.20. The Labute approximate surface area is 105 Å². The maximum atomic E-state index is 4.15. The van der Waals surface area contributed by atoms with E-state index in [0.717, 1.165) is 26.1 Å². The summed E-state index contributed by atoms with van der Waals surface area (Å²) in [5, 5.41) is 11.7. The highest BCUT2D eigenvalue weighted by atomic mass is 15.4. The van der Waals surface area contributed by atoms with Crippen molar-refractivity contribution in [2.24, 2.45) is 5.92 Å². The third-order valence-corrected chi connectivity index (χ3v) is 3.30. The van der Waals surface area contributed by atoms with Crippen LogP contribution in [0.5, 0.6) is 0 Å². The predicted molar refractivity (Wildman–Crippen MR) is 71.1 cm³/mol. The zero-order valence-electron chi connectivity index (χ0n) is 11.6. The molecule has 1 N–H and O–H groups in total. The molecule has 0 aliphatic rings. The number of rotatable bonds is 8. The summed E-state index contributed by atoms with van der Waals surface area (Å²) in [6.07, 6.45) is 4.21. The third-order valence-electron chi connectivity index (χ3n) is 3.30. The van der Waals surface area contributed by atoms with E-state index in [1.165, 1.54) is 12.1 Å². The van der Waals surface area contributed by atoms with E-state index in [2.05, 4.69) is 43.3 Å². The van der Waals surface area contributed by atoms with Crippen LogP contribution >= 0.6 is 0 Å². The van der Waals surface area contributed by atoms with Crippen LogP contribution < -0.4 is 5.32 Å². The lowest BCUT2D eigenvalue weighted by Crippen LogP contribution is -2.26. The first-order valence-electron chi connectivity index (χ1n) is 6.79. The molecule has 0 saturated carbocycles. The van der Waals surface area contributed by atoms with Crippen molar-refractivity contribution in [1.29, 1.82) is 0 Å². The Morgan fingerprint density at radius 2 is 2.06 bits per heavy atom. The van der Waals surface area contributed by atoms with Gasteiger partial charge < -0.3 is 5.32 Å². The fourth-order valence-electron chi connectivity index (χ4n) is 1.98. The van der Waals surface area contributed by atoms with Gasteiger partial charge in [-0.2, -0.15) is 0 Å². The van der Waals surface area contributed by atoms with Crippen LogP contribution in [0.3, 0.4) is 0 Å². The first kappa shape index (κ1) is 14.2. The molecular weight excluding hydrogens is 212 g/mol. The molecule has 98 valence electrons. The zero-order valence-corrected chi connectivity index (χ0v) is 11.6. The van der Waals surface area contributed by atoms with Crippen LogP contribution in [0.1, 0.15) is 52.1 Å². The van der Waals surface area contributed by atoms with Gasteiger partial charge in [-0.3, -0.25) is 0 Å². The van der Waals surface area contributed by atoms with Crippen LogP contribution in [-0.4, -0.2) is 28.1 Å². The van der Waals surface area contributed by atoms with Gasteiger partial charge in [0.15, 0.2) is 0 Å². The molecule has 0 saturated heterocycles. The monoisotopic (exact) mass is 238 g/mol. The van der Waals surface area contributed by atoms with Gasteiger partial charge in [-0.15, -0.1) is 5.10 Å². The second-order valence-corrected chi connectivity index (χ2v) is 4.85. The predicted octanol–water partition coefficient (Wildman–Crippen LogP) is 2.43. The van der Waals surface area contributed by atoms with E-state index < -0.39 is 0 Å². The van der Waals surface area contributed by atoms with Crippen LogP contribution in [0.4, 0.5) is 0 Å². The van der Waals surface area contributed by atoms with Crippen LogP contribution in [0.15, 0.2) is 6.20 Å². The molecule has 4 nitrogen and oxygen atoms in total. The summed E-state index contributed by atoms with van der Waals surface area (Å²) in [5.74, 6) is 1.11. The maximum Gasteiger partial charge on any atom is 0.0728 e. The fraction of sp³-hybridized carbons (Fsp3) is 0.846. The Balaban J connectivity index is 2.54. The number of aryl methyl sites for hydroxylation is 1. The van der Waals surface area contributed by atoms with Gasteiger partial charge in [-0.1, -0.05) is 32.9 Å². The van der Waals surface area contributed by atoms with E-state index in [-0.39, 0.29) is 0 Å². The molecular formula is C13H26N4. The standard InChI is InChI=1S/C13H26N4/c1-5-7-14-9-11(3)12(4)13-10-15-16-17(13)8-6-2/h10-12,14H,5-9H2,1-4H3. The molecule has 2 atom stereocenters. The Bertz CT molecular complexity index is 308. The van der Waals surface area contributed by atoms with Crippen molar-refractivity contribution in [2.75, 3.05) is 13.1 Å². The number of hydrogen-bond acceptors (Lipinski definition) is 3. The molecule has 1 aromatic heterocycles. The van der Waals surface area contributed by atoms with E-state index >= 15 is 0 Å². The van der Waals surface area contributed by atoms with E-state index in [0.29, 0.717) is 11.8 Å². The van der Waals surface area contributed by atoms with Crippen molar-refractivity contribution in [3.8, 4) is 0 Å². The van der Waals surface area contributed by atoms with Crippen molar-refractivity contribution in [2.45, 2.75) is 53.0 Å². The largest absolute Gasteiger partial charge is 0.316 e. The number of aromatic nitrogens is 3. The highest BCUT2D eigenvalue weighted by Gasteiger charge is 2.18. The molecule has 1 aromatic rings. The van der Waals surface area contributed by atoms with Crippen LogP contribution in [-0.2, 0) is 6.54 Å². The minimum atomic E-state index is 0.501. The smallest absolute Gasteiger partial charge is 0.0728 e. The molecule has 0 radical (unpaired) electrons. The highest BCUT2D eigenvalue weighted by molar-refractivity contribution is 5.03. The summed E-state index contributed by atoms with van der Waals surface area (Å²) >= 11 is 0. The van der Waals surface area contributed by atoms with Crippen molar-refractivity contribution in [3.05, 3.63) is 11.9 Å². The molecule has 4 heteroatoms. The van der Waals surface area contributed by atoms with Gasteiger partial charge >= 0.3 is 0 Å². The molecule has 0 spiro atoms. The highest BCUT2D eigenvalue weighted by Crippen LogP contribution is 2.22. The van der Waals surface area contributed by atoms with Gasteiger partial charge in [0.25, 0.3) is 0 Å². The molecule has 0 amide bonds. The number of hydrogen-bond donors (Lipinski definition) is 1. The van der Waals surface area contributed by atoms with Crippen molar-refractivity contribution >= 4 is 0 Å². The molecule has 1 heterocycles. The van der Waals surface area contributed by atoms with Crippen LogP contribution in [0.25, 0.3) is 0 Å². The zero-order chi connectivity index (χ0) is 12.7. The number of nitrogens with one attached hydrogen (secondary N) is 1. The van der Waals surface area contributed by atoms with Gasteiger partial charge in [0.05, 0.1) is 11.9 Å². The average Bonchev–Trinajstić information content (AvgIpc) is 2.77. The molecule has 0 aromatic carbocycles. The second-order valence-electron chi connectivity index (χ2n) is 4.85. The van der Waals surface area contributed by atoms with Gasteiger partial charge in [0.2, 0.25) is 0 Å². The second kappa shape index (κ2) is 7.43. The summed E-state index contributed by atoms with van der Waals surface area (Å²) < 4.78 is 2.04. The summed E-state index contributed by atoms with van der Waals surface area (Å²) in [7, 11) is 0. The summed E-state index contributed by atoms with van der Waals surface area (Å²) in [5.41, 5.74) is 1.26. The topological polar surface area (TPSA) is 42.7 Å². The van der Waals surface area contributed by atoms with E-state index in [1.807, 2.05) is 10.9 Å². The first-order valence-corrected chi connectivity index (χ1v) is 6.79. The van der Waals surface area contributed by atoms with Gasteiger partial charge in [-0.25, -0.2) is 4.68 Å². The molecule has 0 aliphatic carbocycles. The van der Waals surface area contributed by atoms with Gasteiger partial charge in [0.1, 0.15) is 0 Å². The Morgan fingerprint density at radius 1 is 1.29 bits per heavy atom. The van der Waals surface area contributed by atoms with Crippen LogP contribution in [0, 0.1) is 5.92 Å². The summed E-state index contributed by atoms with van der Waals surface area (Å²) in [6, 6.07) is 0. The molecule has 0 fully saturated rings. The summed E-state index contributed by atoms with van der Waals surface area (Å²) in [4.78, 5) is 0. The Morgan fingerprint density at radius 3 is 2.71 bits per heavy atom. The normalized spacial score (nSPS) is 14.8. The fourth-order valence-corrected chi connectivity index (χ4v) is 1.98.